The van der Waals surface area contributed by atoms with Gasteiger partial charge in [0.25, 0.3) is 0 Å². The van der Waals surface area contributed by atoms with Gasteiger partial charge in [0.05, 0.1) is 17.9 Å². The summed E-state index contributed by atoms with van der Waals surface area (Å²) < 4.78 is 21.7. The van der Waals surface area contributed by atoms with E-state index in [1.165, 1.54) is 25.3 Å². The average Bonchev–Trinajstić information content (AvgIpc) is 2.97. The maximum atomic E-state index is 13.2. The minimum Gasteiger partial charge on any atom is -0.444 e. The van der Waals surface area contributed by atoms with E-state index in [4.69, 9.17) is 23.9 Å². The van der Waals surface area contributed by atoms with Crippen molar-refractivity contribution < 1.29 is 28.5 Å². The molecule has 1 aliphatic rings. The zero-order chi connectivity index (χ0) is 30.9. The number of methoxy groups -OCH3 is 3. The van der Waals surface area contributed by atoms with Gasteiger partial charge in [0.1, 0.15) is 29.0 Å². The Morgan fingerprint density at radius 1 is 1.19 bits per heavy atom. The molecule has 1 saturated heterocycles. The lowest BCUT2D eigenvalue weighted by Crippen LogP contribution is -2.41. The van der Waals surface area contributed by atoms with E-state index < -0.39 is 17.9 Å². The quantitative estimate of drug-likeness (QED) is 0.303. The van der Waals surface area contributed by atoms with Crippen LogP contribution in [-0.2, 0) is 18.9 Å². The summed E-state index contributed by atoms with van der Waals surface area (Å²) in [6.07, 6.45) is 1.76. The summed E-state index contributed by atoms with van der Waals surface area (Å²) in [5, 5.41) is 15.2. The number of piperidine rings is 1. The van der Waals surface area contributed by atoms with Crippen molar-refractivity contribution in [2.45, 2.75) is 51.4 Å². The Balaban J connectivity index is 1.77. The third kappa shape index (κ3) is 8.51. The van der Waals surface area contributed by atoms with Crippen LogP contribution in [0, 0.1) is 11.3 Å². The van der Waals surface area contributed by atoms with Gasteiger partial charge >= 0.3 is 12.1 Å². The molecule has 0 spiro atoms. The van der Waals surface area contributed by atoms with Gasteiger partial charge in [0, 0.05) is 60.3 Å². The third-order valence-electron chi connectivity index (χ3n) is 6.71. The smallest absolute Gasteiger partial charge is 0.410 e. The summed E-state index contributed by atoms with van der Waals surface area (Å²) in [6, 6.07) is 6.90. The van der Waals surface area contributed by atoms with E-state index in [-0.39, 0.29) is 17.8 Å². The molecule has 1 aliphatic heterocycles. The van der Waals surface area contributed by atoms with Crippen LogP contribution >= 0.6 is 0 Å². The summed E-state index contributed by atoms with van der Waals surface area (Å²) in [6.45, 7) is 7.59. The maximum absolute atomic E-state index is 13.2. The number of carbonyl (C=O) groups is 2. The lowest BCUT2D eigenvalue weighted by molar-refractivity contribution is -0.109. The Kier molecular flexibility index (Phi) is 11.4. The summed E-state index contributed by atoms with van der Waals surface area (Å²) in [4.78, 5) is 37.7. The van der Waals surface area contributed by atoms with E-state index in [1.54, 1.807) is 31.2 Å². The van der Waals surface area contributed by atoms with Crippen LogP contribution in [0.15, 0.2) is 24.4 Å². The Labute approximate surface area is 247 Å². The van der Waals surface area contributed by atoms with Crippen LogP contribution in [0.5, 0.6) is 0 Å². The number of hydrogen-bond donors (Lipinski definition) is 2. The van der Waals surface area contributed by atoms with Gasteiger partial charge in [-0.3, -0.25) is 10.2 Å². The van der Waals surface area contributed by atoms with Gasteiger partial charge in [0.15, 0.2) is 0 Å². The van der Waals surface area contributed by atoms with Gasteiger partial charge in [-0.05, 0) is 51.2 Å². The van der Waals surface area contributed by atoms with E-state index in [9.17, 15) is 14.9 Å². The monoisotopic (exact) mass is 583 g/mol. The van der Waals surface area contributed by atoms with E-state index in [2.05, 4.69) is 21.7 Å². The molecule has 13 nitrogen and oxygen atoms in total. The van der Waals surface area contributed by atoms with Crippen molar-refractivity contribution in [2.75, 3.05) is 70.2 Å². The lowest BCUT2D eigenvalue weighted by atomic mass is 9.88. The maximum Gasteiger partial charge on any atom is 0.410 e. The van der Waals surface area contributed by atoms with Gasteiger partial charge < -0.3 is 29.2 Å². The van der Waals surface area contributed by atoms with E-state index >= 15 is 0 Å². The normalized spacial score (nSPS) is 13.9. The van der Waals surface area contributed by atoms with Crippen molar-refractivity contribution in [3.8, 4) is 6.07 Å². The Bertz CT molecular complexity index is 1260. The highest BCUT2D eigenvalue weighted by Gasteiger charge is 2.31. The van der Waals surface area contributed by atoms with Crippen molar-refractivity contribution >= 4 is 29.4 Å². The lowest BCUT2D eigenvalue weighted by Gasteiger charge is -2.34. The number of aromatic nitrogens is 2. The van der Waals surface area contributed by atoms with Gasteiger partial charge in [-0.2, -0.15) is 5.26 Å². The molecule has 0 bridgehead atoms. The number of nitriles is 1. The second kappa shape index (κ2) is 14.8. The number of nitrogens with zero attached hydrogens (tertiary/aromatic N) is 5. The van der Waals surface area contributed by atoms with Crippen molar-refractivity contribution in [3.05, 3.63) is 41.2 Å². The summed E-state index contributed by atoms with van der Waals surface area (Å²) in [7, 11) is 6.24. The number of pyridine rings is 2. The minimum atomic E-state index is -0.749. The molecule has 3 heterocycles. The predicted octanol–water partition coefficient (Wildman–Crippen LogP) is 4.48. The SMILES string of the molecule is COCCNc1cc(NC(=O)N(C)c2ccc(C3CCN(C(=O)OC(C)(C)C)CC3)c(C(OC)OC)n2)ncc1C#N. The second-order valence-electron chi connectivity index (χ2n) is 10.8. The molecule has 228 valence electrons. The first-order valence-electron chi connectivity index (χ1n) is 13.7. The zero-order valence-electron chi connectivity index (χ0n) is 25.4. The fraction of sp³-hybridized carbons (Fsp3) is 0.552. The van der Waals surface area contributed by atoms with Crippen LogP contribution in [0.1, 0.15) is 62.6 Å². The molecule has 0 aliphatic carbocycles. The molecule has 13 heteroatoms. The highest BCUT2D eigenvalue weighted by atomic mass is 16.7. The van der Waals surface area contributed by atoms with Gasteiger partial charge in [-0.1, -0.05) is 6.07 Å². The van der Waals surface area contributed by atoms with Crippen LogP contribution in [0.2, 0.25) is 0 Å². The van der Waals surface area contributed by atoms with Gasteiger partial charge in [-0.15, -0.1) is 0 Å². The van der Waals surface area contributed by atoms with Crippen molar-refractivity contribution in [1.82, 2.24) is 14.9 Å². The molecule has 2 aromatic rings. The zero-order valence-corrected chi connectivity index (χ0v) is 25.4. The second-order valence-corrected chi connectivity index (χ2v) is 10.8. The number of nitrogens with one attached hydrogen (secondary N) is 2. The van der Waals surface area contributed by atoms with Crippen LogP contribution in [0.3, 0.4) is 0 Å². The van der Waals surface area contributed by atoms with E-state index in [0.29, 0.717) is 49.0 Å². The molecule has 42 heavy (non-hydrogen) atoms. The highest BCUT2D eigenvalue weighted by molar-refractivity contribution is 6.00. The minimum absolute atomic E-state index is 0.110. The molecular formula is C29H41N7O6. The standard InChI is InChI=1S/C29H41N7O6/c1-29(2,3)42-28(38)36-13-10-19(11-14-36)21-8-9-24(34-25(21)26(40-6)41-7)35(4)27(37)33-23-16-22(31-12-15-39-5)20(17-30)18-32-23/h8-9,16,18-19,26H,10-15H2,1-7H3,(H2,31,32,33,37). The number of anilines is 3. The fourth-order valence-corrected chi connectivity index (χ4v) is 4.56. The van der Waals surface area contributed by atoms with Crippen LogP contribution in [-0.4, -0.2) is 87.2 Å². The summed E-state index contributed by atoms with van der Waals surface area (Å²) >= 11 is 0. The largest absolute Gasteiger partial charge is 0.444 e. The number of hydrogen-bond acceptors (Lipinski definition) is 10. The first kappa shape index (κ1) is 32.5. The van der Waals surface area contributed by atoms with Crippen LogP contribution in [0.25, 0.3) is 0 Å². The molecule has 0 atom stereocenters. The number of ether oxygens (including phenoxy) is 4. The molecule has 3 amide bonds. The number of rotatable bonds is 10. The molecule has 1 fully saturated rings. The molecular weight excluding hydrogens is 542 g/mol. The molecule has 0 aromatic carbocycles. The first-order valence-corrected chi connectivity index (χ1v) is 13.7. The molecule has 2 N–H and O–H groups in total. The van der Waals surface area contributed by atoms with Crippen molar-refractivity contribution in [2.24, 2.45) is 0 Å². The van der Waals surface area contributed by atoms with Crippen molar-refractivity contribution in [3.63, 3.8) is 0 Å². The molecule has 3 rings (SSSR count). The van der Waals surface area contributed by atoms with E-state index in [0.717, 1.165) is 18.4 Å². The topological polar surface area (TPSA) is 151 Å². The number of likely N-dealkylation sites (tertiary alicyclic amines) is 1. The average molecular weight is 584 g/mol. The fourth-order valence-electron chi connectivity index (χ4n) is 4.56. The van der Waals surface area contributed by atoms with Gasteiger partial charge in [0.2, 0.25) is 6.29 Å². The van der Waals surface area contributed by atoms with Crippen LogP contribution in [0.4, 0.5) is 26.9 Å². The van der Waals surface area contributed by atoms with Crippen LogP contribution < -0.4 is 15.5 Å². The Hall–Kier alpha value is -3.99. The highest BCUT2D eigenvalue weighted by Crippen LogP contribution is 2.35. The molecule has 0 saturated carbocycles. The summed E-state index contributed by atoms with van der Waals surface area (Å²) in [5.41, 5.74) is 1.83. The number of amides is 3. The number of carbonyl (C=O) groups excluding carboxylic acids is 2. The predicted molar refractivity (Wildman–Crippen MR) is 158 cm³/mol. The first-order chi connectivity index (χ1) is 20.0. The van der Waals surface area contributed by atoms with Gasteiger partial charge in [-0.25, -0.2) is 19.6 Å². The van der Waals surface area contributed by atoms with E-state index in [1.807, 2.05) is 26.8 Å². The number of urea groups is 1. The Morgan fingerprint density at radius 3 is 2.48 bits per heavy atom. The summed E-state index contributed by atoms with van der Waals surface area (Å²) in [5.74, 6) is 0.758. The Morgan fingerprint density at radius 2 is 1.88 bits per heavy atom. The third-order valence-corrected chi connectivity index (χ3v) is 6.71. The molecule has 0 radical (unpaired) electrons. The molecule has 2 aromatic heterocycles. The van der Waals surface area contributed by atoms with Crippen molar-refractivity contribution in [1.29, 1.82) is 5.26 Å². The molecule has 0 unspecified atom stereocenters.